The molecule has 4 aromatic rings. The predicted molar refractivity (Wildman–Crippen MR) is 140 cm³/mol. The lowest BCUT2D eigenvalue weighted by molar-refractivity contribution is 0.0879. The lowest BCUT2D eigenvalue weighted by atomic mass is 9.96. The van der Waals surface area contributed by atoms with Crippen LogP contribution in [0, 0.1) is 6.92 Å². The standard InChI is InChI=1S/C29H29NO7/c1-17-27-20(12-23-22(13-26(31)37-28(17)23)19-6-8-21(32-2)9-7-19)15-30(16-36-27)14-18-10-24(33-3)29(35-5)25(11-18)34-4/h6-13H,14-16H2,1-5H3. The Morgan fingerprint density at radius 1 is 0.892 bits per heavy atom. The van der Waals surface area contributed by atoms with Crippen molar-refractivity contribution in [2.24, 2.45) is 0 Å². The van der Waals surface area contributed by atoms with Crippen LogP contribution in [0.3, 0.4) is 0 Å². The molecule has 0 atom stereocenters. The highest BCUT2D eigenvalue weighted by molar-refractivity contribution is 5.96. The van der Waals surface area contributed by atoms with Crippen LogP contribution in [0.2, 0.25) is 0 Å². The zero-order valence-corrected chi connectivity index (χ0v) is 21.5. The van der Waals surface area contributed by atoms with Gasteiger partial charge < -0.3 is 28.1 Å². The Balaban J connectivity index is 1.52. The summed E-state index contributed by atoms with van der Waals surface area (Å²) < 4.78 is 33.6. The first-order valence-corrected chi connectivity index (χ1v) is 11.8. The lowest BCUT2D eigenvalue weighted by Crippen LogP contribution is -2.32. The summed E-state index contributed by atoms with van der Waals surface area (Å²) in [7, 11) is 6.42. The highest BCUT2D eigenvalue weighted by atomic mass is 16.5. The van der Waals surface area contributed by atoms with Gasteiger partial charge in [-0.05, 0) is 53.9 Å². The van der Waals surface area contributed by atoms with Crippen LogP contribution < -0.4 is 29.3 Å². The fraction of sp³-hybridized carbons (Fsp3) is 0.276. The number of methoxy groups -OCH3 is 4. The van der Waals surface area contributed by atoms with Crippen molar-refractivity contribution in [1.82, 2.24) is 4.90 Å². The minimum absolute atomic E-state index is 0.387. The maximum atomic E-state index is 12.5. The molecule has 0 bridgehead atoms. The lowest BCUT2D eigenvalue weighted by Gasteiger charge is -2.30. The van der Waals surface area contributed by atoms with Gasteiger partial charge in [0.2, 0.25) is 5.75 Å². The third-order valence-corrected chi connectivity index (χ3v) is 6.61. The van der Waals surface area contributed by atoms with E-state index in [2.05, 4.69) is 11.0 Å². The Morgan fingerprint density at radius 2 is 1.59 bits per heavy atom. The van der Waals surface area contributed by atoms with E-state index in [0.717, 1.165) is 44.7 Å². The summed E-state index contributed by atoms with van der Waals surface area (Å²) in [6, 6.07) is 15.1. The Kier molecular flexibility index (Phi) is 6.67. The van der Waals surface area contributed by atoms with E-state index in [-0.39, 0.29) is 0 Å². The number of hydrogen-bond donors (Lipinski definition) is 0. The summed E-state index contributed by atoms with van der Waals surface area (Å²) in [4.78, 5) is 14.6. The van der Waals surface area contributed by atoms with Gasteiger partial charge >= 0.3 is 5.63 Å². The van der Waals surface area contributed by atoms with Gasteiger partial charge in [-0.2, -0.15) is 0 Å². The average Bonchev–Trinajstić information content (AvgIpc) is 2.92. The largest absolute Gasteiger partial charge is 0.497 e. The molecule has 0 N–H and O–H groups in total. The summed E-state index contributed by atoms with van der Waals surface area (Å²) in [5.74, 6) is 3.28. The molecule has 0 amide bonds. The molecule has 0 aliphatic carbocycles. The maximum Gasteiger partial charge on any atom is 0.336 e. The SMILES string of the molecule is COc1ccc(-c2cc(=O)oc3c(C)c4c(cc23)CN(Cc2cc(OC)c(OC)c(OC)c2)CO4)cc1. The summed E-state index contributed by atoms with van der Waals surface area (Å²) in [5.41, 5.74) is 4.69. The van der Waals surface area contributed by atoms with Crippen LogP contribution >= 0.6 is 0 Å². The van der Waals surface area contributed by atoms with Gasteiger partial charge in [-0.3, -0.25) is 4.90 Å². The molecule has 0 spiro atoms. The molecule has 8 nitrogen and oxygen atoms in total. The molecule has 0 unspecified atom stereocenters. The number of hydrogen-bond acceptors (Lipinski definition) is 8. The number of rotatable bonds is 7. The van der Waals surface area contributed by atoms with Crippen molar-refractivity contribution in [3.63, 3.8) is 0 Å². The van der Waals surface area contributed by atoms with Crippen molar-refractivity contribution < 1.29 is 28.1 Å². The fourth-order valence-corrected chi connectivity index (χ4v) is 4.87. The molecule has 1 aromatic heterocycles. The number of ether oxygens (including phenoxy) is 5. The topological polar surface area (TPSA) is 79.6 Å². The van der Waals surface area contributed by atoms with Crippen LogP contribution in [-0.4, -0.2) is 40.1 Å². The molecule has 0 saturated heterocycles. The Morgan fingerprint density at radius 3 is 2.22 bits per heavy atom. The third-order valence-electron chi connectivity index (χ3n) is 6.61. The van der Waals surface area contributed by atoms with Crippen molar-refractivity contribution in [3.8, 4) is 39.9 Å². The van der Waals surface area contributed by atoms with Crippen LogP contribution in [0.1, 0.15) is 16.7 Å². The van der Waals surface area contributed by atoms with Gasteiger partial charge in [0, 0.05) is 35.7 Å². The second-order valence-corrected chi connectivity index (χ2v) is 8.87. The normalized spacial score (nSPS) is 13.1. The first-order chi connectivity index (χ1) is 17.9. The van der Waals surface area contributed by atoms with Gasteiger partial charge in [-0.1, -0.05) is 12.1 Å². The highest BCUT2D eigenvalue weighted by Gasteiger charge is 2.24. The molecule has 3 aromatic carbocycles. The van der Waals surface area contributed by atoms with Crippen molar-refractivity contribution in [2.45, 2.75) is 20.0 Å². The second kappa shape index (κ2) is 10.1. The zero-order valence-electron chi connectivity index (χ0n) is 21.5. The van der Waals surface area contributed by atoms with Crippen LogP contribution in [-0.2, 0) is 13.1 Å². The Hall–Kier alpha value is -4.17. The Labute approximate surface area is 214 Å². The molecule has 0 radical (unpaired) electrons. The summed E-state index contributed by atoms with van der Waals surface area (Å²) >= 11 is 0. The fourth-order valence-electron chi connectivity index (χ4n) is 4.87. The zero-order chi connectivity index (χ0) is 26.1. The quantitative estimate of drug-likeness (QED) is 0.320. The molecule has 192 valence electrons. The maximum absolute atomic E-state index is 12.5. The predicted octanol–water partition coefficient (Wildman–Crippen LogP) is 5.15. The van der Waals surface area contributed by atoms with E-state index in [1.54, 1.807) is 28.4 Å². The van der Waals surface area contributed by atoms with Gasteiger partial charge in [0.15, 0.2) is 11.5 Å². The minimum Gasteiger partial charge on any atom is -0.497 e. The van der Waals surface area contributed by atoms with Gasteiger partial charge in [0.25, 0.3) is 0 Å². The van der Waals surface area contributed by atoms with Crippen LogP contribution in [0.4, 0.5) is 0 Å². The van der Waals surface area contributed by atoms with Crippen molar-refractivity contribution >= 4 is 11.0 Å². The molecule has 0 saturated carbocycles. The van der Waals surface area contributed by atoms with E-state index in [4.69, 9.17) is 28.1 Å². The summed E-state index contributed by atoms with van der Waals surface area (Å²) in [6.07, 6.45) is 0. The van der Waals surface area contributed by atoms with Crippen LogP contribution in [0.5, 0.6) is 28.7 Å². The average molecular weight is 504 g/mol. The molecule has 2 heterocycles. The van der Waals surface area contributed by atoms with Crippen LogP contribution in [0.25, 0.3) is 22.1 Å². The smallest absolute Gasteiger partial charge is 0.336 e. The Bertz CT molecular complexity index is 1480. The highest BCUT2D eigenvalue weighted by Crippen LogP contribution is 2.41. The first kappa shape index (κ1) is 24.5. The van der Waals surface area contributed by atoms with E-state index in [1.165, 1.54) is 6.07 Å². The summed E-state index contributed by atoms with van der Waals surface area (Å²) in [5, 5.41) is 0.860. The van der Waals surface area contributed by atoms with Crippen LogP contribution in [0.15, 0.2) is 57.7 Å². The molecular weight excluding hydrogens is 474 g/mol. The third kappa shape index (κ3) is 4.56. The molecule has 1 aliphatic heterocycles. The monoisotopic (exact) mass is 503 g/mol. The van der Waals surface area contributed by atoms with Gasteiger partial charge in [0.1, 0.15) is 23.8 Å². The van der Waals surface area contributed by atoms with E-state index in [1.807, 2.05) is 43.3 Å². The first-order valence-electron chi connectivity index (χ1n) is 11.8. The number of fused-ring (bicyclic) bond motifs is 2. The van der Waals surface area contributed by atoms with Gasteiger partial charge in [-0.25, -0.2) is 4.79 Å². The van der Waals surface area contributed by atoms with E-state index in [9.17, 15) is 4.79 Å². The van der Waals surface area contributed by atoms with E-state index >= 15 is 0 Å². The summed E-state index contributed by atoms with van der Waals surface area (Å²) in [6.45, 7) is 3.58. The molecule has 37 heavy (non-hydrogen) atoms. The van der Waals surface area contributed by atoms with Crippen molar-refractivity contribution in [3.05, 3.63) is 75.6 Å². The van der Waals surface area contributed by atoms with Crippen molar-refractivity contribution in [1.29, 1.82) is 0 Å². The molecule has 0 fully saturated rings. The molecule has 8 heteroatoms. The molecule has 5 rings (SSSR count). The van der Waals surface area contributed by atoms with Crippen molar-refractivity contribution in [2.75, 3.05) is 35.2 Å². The van der Waals surface area contributed by atoms with E-state index in [0.29, 0.717) is 42.7 Å². The van der Waals surface area contributed by atoms with Gasteiger partial charge in [0.05, 0.1) is 28.4 Å². The van der Waals surface area contributed by atoms with E-state index < -0.39 is 5.63 Å². The number of nitrogens with zero attached hydrogens (tertiary/aromatic N) is 1. The van der Waals surface area contributed by atoms with Gasteiger partial charge in [-0.15, -0.1) is 0 Å². The minimum atomic E-state index is -0.402. The molecule has 1 aliphatic rings. The number of aryl methyl sites for hydroxylation is 1. The number of benzene rings is 3. The molecular formula is C29H29NO7. The second-order valence-electron chi connectivity index (χ2n) is 8.87.